The van der Waals surface area contributed by atoms with Crippen LogP contribution in [0.15, 0.2) is 30.3 Å². The Kier molecular flexibility index (Phi) is 4.08. The van der Waals surface area contributed by atoms with E-state index in [1.54, 1.807) is 17.9 Å². The lowest BCUT2D eigenvalue weighted by atomic mass is 10.1. The van der Waals surface area contributed by atoms with Gasteiger partial charge in [0.15, 0.2) is 5.69 Å². The Hall–Kier alpha value is -2.30. The molecule has 106 valence electrons. The topological polar surface area (TPSA) is 64.4 Å². The normalized spacial score (nSPS) is 10.8. The van der Waals surface area contributed by atoms with Gasteiger partial charge in [-0.3, -0.25) is 0 Å². The minimum absolute atomic E-state index is 0.0588. The molecular formula is C15H18N2O3. The van der Waals surface area contributed by atoms with Crippen LogP contribution in [-0.2, 0) is 6.42 Å². The van der Waals surface area contributed by atoms with Crippen LogP contribution in [0.5, 0.6) is 5.75 Å². The number of nitrogens with zero attached hydrogens (tertiary/aromatic N) is 2. The first-order valence-electron chi connectivity index (χ1n) is 6.48. The summed E-state index contributed by atoms with van der Waals surface area (Å²) in [5.41, 5.74) is 1.74. The van der Waals surface area contributed by atoms with E-state index in [0.29, 0.717) is 11.7 Å². The van der Waals surface area contributed by atoms with Crippen LogP contribution in [0.3, 0.4) is 0 Å². The molecule has 0 spiro atoms. The number of hydrogen-bond acceptors (Lipinski definition) is 3. The first-order valence-corrected chi connectivity index (χ1v) is 6.48. The predicted molar refractivity (Wildman–Crippen MR) is 75.6 cm³/mol. The minimum Gasteiger partial charge on any atom is -0.497 e. The fourth-order valence-electron chi connectivity index (χ4n) is 2.05. The van der Waals surface area contributed by atoms with Gasteiger partial charge in [-0.05, 0) is 30.5 Å². The molecule has 20 heavy (non-hydrogen) atoms. The third-order valence-electron chi connectivity index (χ3n) is 2.92. The predicted octanol–water partition coefficient (Wildman–Crippen LogP) is 2.78. The molecule has 2 rings (SSSR count). The van der Waals surface area contributed by atoms with Crippen LogP contribution < -0.4 is 4.74 Å². The summed E-state index contributed by atoms with van der Waals surface area (Å²) in [6.07, 6.45) is 0.761. The van der Waals surface area contributed by atoms with Gasteiger partial charge in [0.2, 0.25) is 0 Å². The second-order valence-corrected chi connectivity index (χ2v) is 5.04. The molecule has 0 unspecified atom stereocenters. The second-order valence-electron chi connectivity index (χ2n) is 5.04. The average Bonchev–Trinajstić information content (AvgIpc) is 2.82. The lowest BCUT2D eigenvalue weighted by molar-refractivity contribution is 0.0690. The molecule has 1 heterocycles. The molecule has 0 amide bonds. The van der Waals surface area contributed by atoms with Crippen LogP contribution in [0.1, 0.15) is 30.0 Å². The van der Waals surface area contributed by atoms with E-state index in [1.807, 2.05) is 24.3 Å². The summed E-state index contributed by atoms with van der Waals surface area (Å²) in [5, 5.41) is 13.3. The number of aromatic carboxylic acids is 1. The third kappa shape index (κ3) is 2.99. The Morgan fingerprint density at radius 3 is 2.75 bits per heavy atom. The van der Waals surface area contributed by atoms with Crippen LogP contribution >= 0.6 is 0 Å². The Morgan fingerprint density at radius 1 is 1.40 bits per heavy atom. The summed E-state index contributed by atoms with van der Waals surface area (Å²) in [6.45, 7) is 4.17. The van der Waals surface area contributed by atoms with E-state index in [-0.39, 0.29) is 5.69 Å². The zero-order valence-corrected chi connectivity index (χ0v) is 11.8. The third-order valence-corrected chi connectivity index (χ3v) is 2.92. The van der Waals surface area contributed by atoms with E-state index < -0.39 is 5.97 Å². The lowest BCUT2D eigenvalue weighted by Gasteiger charge is -2.10. The van der Waals surface area contributed by atoms with Gasteiger partial charge in [-0.2, -0.15) is 5.10 Å². The van der Waals surface area contributed by atoms with E-state index in [9.17, 15) is 4.79 Å². The number of aromatic nitrogens is 2. The van der Waals surface area contributed by atoms with Crippen molar-refractivity contribution in [2.24, 2.45) is 5.92 Å². The number of benzene rings is 1. The van der Waals surface area contributed by atoms with E-state index in [1.165, 1.54) is 0 Å². The maximum atomic E-state index is 11.1. The molecule has 0 atom stereocenters. The maximum Gasteiger partial charge on any atom is 0.356 e. The quantitative estimate of drug-likeness (QED) is 0.910. The molecule has 1 aromatic carbocycles. The van der Waals surface area contributed by atoms with Gasteiger partial charge >= 0.3 is 5.97 Å². The van der Waals surface area contributed by atoms with Crippen LogP contribution in [-0.4, -0.2) is 28.0 Å². The van der Waals surface area contributed by atoms with Gasteiger partial charge in [0.25, 0.3) is 0 Å². The van der Waals surface area contributed by atoms with Crippen molar-refractivity contribution in [3.8, 4) is 11.4 Å². The molecule has 0 bridgehead atoms. The summed E-state index contributed by atoms with van der Waals surface area (Å²) in [7, 11) is 1.60. The van der Waals surface area contributed by atoms with Crippen LogP contribution in [0.25, 0.3) is 5.69 Å². The number of carboxylic acids is 1. The maximum absolute atomic E-state index is 11.1. The van der Waals surface area contributed by atoms with E-state index in [0.717, 1.165) is 17.8 Å². The molecule has 5 nitrogen and oxygen atoms in total. The standard InChI is InChI=1S/C15H18N2O3/c1-10(2)7-12-9-14(15(18)19)16-17(12)11-5-4-6-13(8-11)20-3/h4-6,8-10H,7H2,1-3H3,(H,18,19). The minimum atomic E-state index is -1.02. The second kappa shape index (κ2) is 5.77. The number of carboxylic acid groups (broad SMARTS) is 1. The van der Waals surface area contributed by atoms with Crippen molar-refractivity contribution in [3.05, 3.63) is 41.7 Å². The number of carbonyl (C=O) groups is 1. The Morgan fingerprint density at radius 2 is 2.15 bits per heavy atom. The van der Waals surface area contributed by atoms with Crippen molar-refractivity contribution >= 4 is 5.97 Å². The zero-order chi connectivity index (χ0) is 14.7. The van der Waals surface area contributed by atoms with Crippen LogP contribution in [0.2, 0.25) is 0 Å². The van der Waals surface area contributed by atoms with Crippen molar-refractivity contribution < 1.29 is 14.6 Å². The highest BCUT2D eigenvalue weighted by Crippen LogP contribution is 2.20. The van der Waals surface area contributed by atoms with E-state index in [4.69, 9.17) is 9.84 Å². The monoisotopic (exact) mass is 274 g/mol. The van der Waals surface area contributed by atoms with Gasteiger partial charge in [-0.1, -0.05) is 19.9 Å². The molecule has 0 saturated heterocycles. The SMILES string of the molecule is COc1cccc(-n2nc(C(=O)O)cc2CC(C)C)c1. The van der Waals surface area contributed by atoms with E-state index in [2.05, 4.69) is 18.9 Å². The van der Waals surface area contributed by atoms with Crippen LogP contribution in [0, 0.1) is 5.92 Å². The summed E-state index contributed by atoms with van der Waals surface area (Å²) in [4.78, 5) is 11.1. The fourth-order valence-corrected chi connectivity index (χ4v) is 2.05. The van der Waals surface area contributed by atoms with Crippen molar-refractivity contribution in [1.82, 2.24) is 9.78 Å². The summed E-state index contributed by atoms with van der Waals surface area (Å²) >= 11 is 0. The van der Waals surface area contributed by atoms with Crippen LogP contribution in [0.4, 0.5) is 0 Å². The lowest BCUT2D eigenvalue weighted by Crippen LogP contribution is -2.06. The van der Waals surface area contributed by atoms with Crippen molar-refractivity contribution in [2.45, 2.75) is 20.3 Å². The van der Waals surface area contributed by atoms with Gasteiger partial charge in [0.1, 0.15) is 5.75 Å². The average molecular weight is 274 g/mol. The number of methoxy groups -OCH3 is 1. The van der Waals surface area contributed by atoms with Crippen molar-refractivity contribution in [2.75, 3.05) is 7.11 Å². The highest BCUT2D eigenvalue weighted by molar-refractivity contribution is 5.85. The Balaban J connectivity index is 2.49. The van der Waals surface area contributed by atoms with Gasteiger partial charge < -0.3 is 9.84 Å². The zero-order valence-electron chi connectivity index (χ0n) is 11.8. The number of rotatable bonds is 5. The molecule has 0 fully saturated rings. The smallest absolute Gasteiger partial charge is 0.356 e. The van der Waals surface area contributed by atoms with Gasteiger partial charge in [0.05, 0.1) is 12.8 Å². The first kappa shape index (κ1) is 14.1. The number of ether oxygens (including phenoxy) is 1. The highest BCUT2D eigenvalue weighted by atomic mass is 16.5. The van der Waals surface area contributed by atoms with Crippen molar-refractivity contribution in [1.29, 1.82) is 0 Å². The molecule has 0 aliphatic rings. The van der Waals surface area contributed by atoms with Gasteiger partial charge in [-0.25, -0.2) is 9.48 Å². The summed E-state index contributed by atoms with van der Waals surface area (Å²) < 4.78 is 6.87. The molecule has 1 N–H and O–H groups in total. The van der Waals surface area contributed by atoms with Gasteiger partial charge in [-0.15, -0.1) is 0 Å². The summed E-state index contributed by atoms with van der Waals surface area (Å²) in [5.74, 6) is 0.111. The Bertz CT molecular complexity index is 617. The van der Waals surface area contributed by atoms with Crippen molar-refractivity contribution in [3.63, 3.8) is 0 Å². The molecule has 0 aliphatic heterocycles. The fraction of sp³-hybridized carbons (Fsp3) is 0.333. The van der Waals surface area contributed by atoms with E-state index >= 15 is 0 Å². The molecular weight excluding hydrogens is 256 g/mol. The largest absolute Gasteiger partial charge is 0.497 e. The Labute approximate surface area is 117 Å². The summed E-state index contributed by atoms with van der Waals surface area (Å²) in [6, 6.07) is 9.04. The molecule has 1 aromatic heterocycles. The molecule has 0 saturated carbocycles. The van der Waals surface area contributed by atoms with Gasteiger partial charge in [0, 0.05) is 11.8 Å². The number of hydrogen-bond donors (Lipinski definition) is 1. The molecule has 0 radical (unpaired) electrons. The molecule has 5 heteroatoms. The first-order chi connectivity index (χ1) is 9.51. The molecule has 0 aliphatic carbocycles. The highest BCUT2D eigenvalue weighted by Gasteiger charge is 2.15. The molecule has 2 aromatic rings.